The van der Waals surface area contributed by atoms with Crippen molar-refractivity contribution in [3.8, 4) is 0 Å². The first-order valence-corrected chi connectivity index (χ1v) is 7.68. The summed E-state index contributed by atoms with van der Waals surface area (Å²) < 4.78 is 0. The lowest BCUT2D eigenvalue weighted by Crippen LogP contribution is -2.39. The molecule has 5 nitrogen and oxygen atoms in total. The molecule has 0 bridgehead atoms. The molecule has 1 fully saturated rings. The van der Waals surface area contributed by atoms with Crippen molar-refractivity contribution in [2.75, 3.05) is 19.4 Å². The van der Waals surface area contributed by atoms with Gasteiger partial charge in [-0.2, -0.15) is 0 Å². The van der Waals surface area contributed by atoms with Crippen molar-refractivity contribution in [1.29, 1.82) is 0 Å². The summed E-state index contributed by atoms with van der Waals surface area (Å²) in [5, 5.41) is 8.50. The lowest BCUT2D eigenvalue weighted by atomic mass is 9.96. The summed E-state index contributed by atoms with van der Waals surface area (Å²) in [7, 11) is 4.00. The van der Waals surface area contributed by atoms with Crippen LogP contribution in [0.5, 0.6) is 0 Å². The van der Waals surface area contributed by atoms with Gasteiger partial charge in [0.05, 0.1) is 5.69 Å². The van der Waals surface area contributed by atoms with Gasteiger partial charge in [-0.3, -0.25) is 5.32 Å². The van der Waals surface area contributed by atoms with Gasteiger partial charge in [0.1, 0.15) is 0 Å². The Morgan fingerprint density at radius 2 is 2.16 bits per heavy atom. The number of nitrogens with one attached hydrogen (secondary N) is 2. The number of hydrogen-bond donors (Lipinski definition) is 2. The summed E-state index contributed by atoms with van der Waals surface area (Å²) in [5.41, 5.74) is 0.989. The zero-order valence-corrected chi connectivity index (χ0v) is 12.4. The van der Waals surface area contributed by atoms with Crippen LogP contribution in [0.2, 0.25) is 0 Å². The van der Waals surface area contributed by atoms with Crippen LogP contribution in [0, 0.1) is 0 Å². The normalized spacial score (nSPS) is 16.6. The molecule has 2 amide bonds. The topological polar surface area (TPSA) is 57.3 Å². The zero-order valence-electron chi connectivity index (χ0n) is 11.6. The lowest BCUT2D eigenvalue weighted by Gasteiger charge is -2.22. The first kappa shape index (κ1) is 14.3. The van der Waals surface area contributed by atoms with E-state index in [2.05, 4.69) is 20.5 Å². The summed E-state index contributed by atoms with van der Waals surface area (Å²) in [6, 6.07) is 0.201. The summed E-state index contributed by atoms with van der Waals surface area (Å²) in [5.74, 6) is 0. The number of thiazole rings is 1. The zero-order chi connectivity index (χ0) is 13.7. The van der Waals surface area contributed by atoms with Crippen molar-refractivity contribution >= 4 is 22.5 Å². The summed E-state index contributed by atoms with van der Waals surface area (Å²) >= 11 is 1.47. The number of rotatable bonds is 4. The second kappa shape index (κ2) is 6.86. The number of nitrogens with zero attached hydrogens (tertiary/aromatic N) is 2. The van der Waals surface area contributed by atoms with Gasteiger partial charge in [-0.25, -0.2) is 9.78 Å². The number of carbonyl (C=O) groups excluding carboxylic acids is 1. The van der Waals surface area contributed by atoms with Crippen molar-refractivity contribution in [2.45, 2.75) is 44.7 Å². The molecule has 0 aromatic carbocycles. The summed E-state index contributed by atoms with van der Waals surface area (Å²) in [4.78, 5) is 18.3. The van der Waals surface area contributed by atoms with Crippen LogP contribution in [0.1, 0.15) is 37.8 Å². The van der Waals surface area contributed by atoms with Gasteiger partial charge in [0.15, 0.2) is 5.13 Å². The molecule has 19 heavy (non-hydrogen) atoms. The average Bonchev–Trinajstić information content (AvgIpc) is 2.76. The highest BCUT2D eigenvalue weighted by molar-refractivity contribution is 7.13. The van der Waals surface area contributed by atoms with Gasteiger partial charge in [0.2, 0.25) is 0 Å². The predicted octanol–water partition coefficient (Wildman–Crippen LogP) is 2.66. The minimum atomic E-state index is -0.127. The van der Waals surface area contributed by atoms with Crippen molar-refractivity contribution in [3.05, 3.63) is 11.1 Å². The molecule has 0 atom stereocenters. The van der Waals surface area contributed by atoms with E-state index in [9.17, 15) is 4.79 Å². The van der Waals surface area contributed by atoms with Gasteiger partial charge in [-0.05, 0) is 26.9 Å². The Bertz CT molecular complexity index is 413. The quantitative estimate of drug-likeness (QED) is 0.892. The SMILES string of the molecule is CN(C)Cc1csc(NC(=O)NC2CCCCC2)n1. The molecule has 1 aromatic rings. The van der Waals surface area contributed by atoms with Gasteiger partial charge in [-0.1, -0.05) is 19.3 Å². The second-order valence-corrected chi connectivity index (χ2v) is 6.17. The second-order valence-electron chi connectivity index (χ2n) is 5.32. The van der Waals surface area contributed by atoms with Crippen LogP contribution in [0.3, 0.4) is 0 Å². The standard InChI is InChI=1S/C13H22N4OS/c1-17(2)8-11-9-19-13(15-11)16-12(18)14-10-6-4-3-5-7-10/h9-10H,3-8H2,1-2H3,(H2,14,15,16,18). The molecule has 1 aliphatic carbocycles. The number of carbonyl (C=O) groups is 1. The average molecular weight is 282 g/mol. The number of amides is 2. The van der Waals surface area contributed by atoms with Crippen LogP contribution in [0.4, 0.5) is 9.93 Å². The number of hydrogen-bond acceptors (Lipinski definition) is 4. The smallest absolute Gasteiger partial charge is 0.321 e. The van der Waals surface area contributed by atoms with E-state index in [0.29, 0.717) is 11.2 Å². The fraction of sp³-hybridized carbons (Fsp3) is 0.692. The molecule has 1 aliphatic rings. The van der Waals surface area contributed by atoms with E-state index in [4.69, 9.17) is 0 Å². The molecule has 6 heteroatoms. The first-order chi connectivity index (χ1) is 9.13. The molecule has 106 valence electrons. The van der Waals surface area contributed by atoms with Crippen LogP contribution < -0.4 is 10.6 Å². The van der Waals surface area contributed by atoms with E-state index < -0.39 is 0 Å². The third-order valence-electron chi connectivity index (χ3n) is 3.19. The molecular formula is C13H22N4OS. The molecular weight excluding hydrogens is 260 g/mol. The predicted molar refractivity (Wildman–Crippen MR) is 78.5 cm³/mol. The number of urea groups is 1. The molecule has 0 saturated heterocycles. The van der Waals surface area contributed by atoms with Crippen LogP contribution >= 0.6 is 11.3 Å². The van der Waals surface area contributed by atoms with E-state index in [-0.39, 0.29) is 6.03 Å². The molecule has 1 aromatic heterocycles. The minimum Gasteiger partial charge on any atom is -0.335 e. The molecule has 0 radical (unpaired) electrons. The van der Waals surface area contributed by atoms with Crippen molar-refractivity contribution in [1.82, 2.24) is 15.2 Å². The highest BCUT2D eigenvalue weighted by atomic mass is 32.1. The maximum atomic E-state index is 11.8. The molecule has 2 rings (SSSR count). The Labute approximate surface area is 118 Å². The van der Waals surface area contributed by atoms with Crippen LogP contribution in [0.15, 0.2) is 5.38 Å². The molecule has 2 N–H and O–H groups in total. The van der Waals surface area contributed by atoms with E-state index in [1.54, 1.807) is 0 Å². The van der Waals surface area contributed by atoms with Gasteiger partial charge in [-0.15, -0.1) is 11.3 Å². The largest absolute Gasteiger partial charge is 0.335 e. The highest BCUT2D eigenvalue weighted by Crippen LogP contribution is 2.19. The van der Waals surface area contributed by atoms with Crippen LogP contribution in [-0.4, -0.2) is 36.1 Å². The van der Waals surface area contributed by atoms with Crippen molar-refractivity contribution in [3.63, 3.8) is 0 Å². The minimum absolute atomic E-state index is 0.127. The van der Waals surface area contributed by atoms with Gasteiger partial charge < -0.3 is 10.2 Å². The Morgan fingerprint density at radius 1 is 1.42 bits per heavy atom. The Morgan fingerprint density at radius 3 is 2.84 bits per heavy atom. The fourth-order valence-electron chi connectivity index (χ4n) is 2.33. The van der Waals surface area contributed by atoms with Crippen molar-refractivity contribution < 1.29 is 4.79 Å². The Balaban J connectivity index is 1.79. The lowest BCUT2D eigenvalue weighted by molar-refractivity contribution is 0.244. The van der Waals surface area contributed by atoms with Crippen molar-refractivity contribution in [2.24, 2.45) is 0 Å². The van der Waals surface area contributed by atoms with Crippen LogP contribution in [0.25, 0.3) is 0 Å². The fourth-order valence-corrected chi connectivity index (χ4v) is 3.02. The van der Waals surface area contributed by atoms with E-state index >= 15 is 0 Å². The maximum Gasteiger partial charge on any atom is 0.321 e. The number of anilines is 1. The molecule has 1 heterocycles. The highest BCUT2D eigenvalue weighted by Gasteiger charge is 2.16. The molecule has 0 unspecified atom stereocenters. The molecule has 0 spiro atoms. The third kappa shape index (κ3) is 4.80. The Kier molecular flexibility index (Phi) is 5.15. The molecule has 1 saturated carbocycles. The number of aromatic nitrogens is 1. The molecule has 0 aliphatic heterocycles. The van der Waals surface area contributed by atoms with Crippen LogP contribution in [-0.2, 0) is 6.54 Å². The Hall–Kier alpha value is -1.14. The van der Waals surface area contributed by atoms with E-state index in [1.165, 1.54) is 30.6 Å². The van der Waals surface area contributed by atoms with Gasteiger partial charge in [0, 0.05) is 18.0 Å². The van der Waals surface area contributed by atoms with Gasteiger partial charge in [0.25, 0.3) is 0 Å². The monoisotopic (exact) mass is 282 g/mol. The van der Waals surface area contributed by atoms with E-state index in [0.717, 1.165) is 25.1 Å². The van der Waals surface area contributed by atoms with Gasteiger partial charge >= 0.3 is 6.03 Å². The van der Waals surface area contributed by atoms with E-state index in [1.807, 2.05) is 19.5 Å². The maximum absolute atomic E-state index is 11.8. The first-order valence-electron chi connectivity index (χ1n) is 6.80. The third-order valence-corrected chi connectivity index (χ3v) is 4.00. The summed E-state index contributed by atoms with van der Waals surface area (Å²) in [6.07, 6.45) is 5.92. The summed E-state index contributed by atoms with van der Waals surface area (Å²) in [6.45, 7) is 0.794.